The average molecular weight is 198 g/mol. The van der Waals surface area contributed by atoms with Crippen LogP contribution in [-0.2, 0) is 18.6 Å². The average Bonchev–Trinajstić information content (AvgIpc) is 1.94. The van der Waals surface area contributed by atoms with Gasteiger partial charge in [0.2, 0.25) is 0 Å². The predicted octanol–water partition coefficient (Wildman–Crippen LogP) is 0.481. The Kier molecular flexibility index (Phi) is 6.61. The van der Waals surface area contributed by atoms with Crippen molar-refractivity contribution in [3.8, 4) is 0 Å². The molecular formula is C6H15O5P. The van der Waals surface area contributed by atoms with Crippen LogP contribution in [0.2, 0.25) is 0 Å². The van der Waals surface area contributed by atoms with Gasteiger partial charge in [-0.25, -0.2) is 0 Å². The predicted molar refractivity (Wildman–Crippen MR) is 44.4 cm³/mol. The zero-order valence-corrected chi connectivity index (χ0v) is 8.25. The molecule has 0 saturated heterocycles. The van der Waals surface area contributed by atoms with E-state index in [4.69, 9.17) is 14.4 Å². The van der Waals surface area contributed by atoms with Gasteiger partial charge in [-0.05, 0) is 0 Å². The minimum atomic E-state index is -3.33. The largest absolute Gasteiger partial charge is 0.382 e. The maximum Gasteiger partial charge on any atom is 0.325 e. The lowest BCUT2D eigenvalue weighted by molar-refractivity contribution is 0.0527. The molecule has 0 fully saturated rings. The molecule has 1 atom stereocenters. The second kappa shape index (κ2) is 6.57. The fourth-order valence-corrected chi connectivity index (χ4v) is 0.923. The van der Waals surface area contributed by atoms with Crippen LogP contribution in [0.15, 0.2) is 0 Å². The molecule has 0 radical (unpaired) electrons. The monoisotopic (exact) mass is 198 g/mol. The minimum Gasteiger partial charge on any atom is -0.382 e. The molecule has 0 saturated carbocycles. The van der Waals surface area contributed by atoms with Crippen LogP contribution >= 0.6 is 7.60 Å². The Bertz CT molecular complexity index is 143. The Balaban J connectivity index is 3.06. The summed E-state index contributed by atoms with van der Waals surface area (Å²) in [6.45, 7) is 2.57. The van der Waals surface area contributed by atoms with Gasteiger partial charge in [0, 0.05) is 13.8 Å². The maximum atomic E-state index is 10.6. The van der Waals surface area contributed by atoms with Crippen LogP contribution in [0.3, 0.4) is 0 Å². The molecule has 0 amide bonds. The molecule has 0 aromatic carbocycles. The van der Waals surface area contributed by atoms with Crippen LogP contribution in [-0.4, -0.2) is 45.1 Å². The first-order valence-electron chi connectivity index (χ1n) is 3.58. The van der Waals surface area contributed by atoms with E-state index in [9.17, 15) is 4.57 Å². The molecule has 0 bridgehead atoms. The molecule has 0 aliphatic rings. The zero-order chi connectivity index (χ0) is 9.45. The highest BCUT2D eigenvalue weighted by atomic mass is 31.2. The molecule has 0 aliphatic heterocycles. The molecule has 0 heterocycles. The van der Waals surface area contributed by atoms with Crippen LogP contribution in [0.25, 0.3) is 0 Å². The van der Waals surface area contributed by atoms with E-state index in [1.165, 1.54) is 0 Å². The highest BCUT2D eigenvalue weighted by molar-refractivity contribution is 7.51. The third-order valence-corrected chi connectivity index (χ3v) is 1.65. The summed E-state index contributed by atoms with van der Waals surface area (Å²) in [5.74, 6) is 0. The molecule has 0 aromatic rings. The maximum absolute atomic E-state index is 10.6. The summed E-state index contributed by atoms with van der Waals surface area (Å²) in [5.41, 5.74) is 0. The van der Waals surface area contributed by atoms with Gasteiger partial charge in [-0.1, -0.05) is 0 Å². The molecule has 74 valence electrons. The molecule has 0 rings (SSSR count). The van der Waals surface area contributed by atoms with E-state index in [0.29, 0.717) is 19.8 Å². The lowest BCUT2D eigenvalue weighted by Crippen LogP contribution is -2.07. The molecule has 12 heavy (non-hydrogen) atoms. The first-order chi connectivity index (χ1) is 5.56. The van der Waals surface area contributed by atoms with Crippen molar-refractivity contribution in [3.05, 3.63) is 0 Å². The third kappa shape index (κ3) is 10.1. The van der Waals surface area contributed by atoms with Crippen LogP contribution in [0.5, 0.6) is 0 Å². The Hall–Kier alpha value is 0.0700. The van der Waals surface area contributed by atoms with Crippen molar-refractivity contribution < 1.29 is 23.5 Å². The van der Waals surface area contributed by atoms with Crippen molar-refractivity contribution in [1.29, 1.82) is 0 Å². The van der Waals surface area contributed by atoms with Crippen molar-refractivity contribution in [2.45, 2.75) is 0 Å². The SMILES string of the molecule is COCCOCCOP(C)(=O)O. The van der Waals surface area contributed by atoms with Gasteiger partial charge in [-0.3, -0.25) is 4.57 Å². The van der Waals surface area contributed by atoms with E-state index < -0.39 is 7.60 Å². The molecule has 1 unspecified atom stereocenters. The highest BCUT2D eigenvalue weighted by Crippen LogP contribution is 2.35. The van der Waals surface area contributed by atoms with Crippen LogP contribution in [0.1, 0.15) is 0 Å². The molecule has 0 spiro atoms. The highest BCUT2D eigenvalue weighted by Gasteiger charge is 2.08. The molecule has 0 aromatic heterocycles. The van der Waals surface area contributed by atoms with Gasteiger partial charge in [-0.2, -0.15) is 0 Å². The van der Waals surface area contributed by atoms with E-state index >= 15 is 0 Å². The van der Waals surface area contributed by atoms with Gasteiger partial charge in [0.25, 0.3) is 0 Å². The first-order valence-corrected chi connectivity index (χ1v) is 5.60. The minimum absolute atomic E-state index is 0.133. The summed E-state index contributed by atoms with van der Waals surface area (Å²) in [7, 11) is -1.76. The van der Waals surface area contributed by atoms with Crippen molar-refractivity contribution in [2.24, 2.45) is 0 Å². The van der Waals surface area contributed by atoms with E-state index in [1.807, 2.05) is 0 Å². The third-order valence-electron chi connectivity index (χ3n) is 0.990. The number of ether oxygens (including phenoxy) is 2. The summed E-state index contributed by atoms with van der Waals surface area (Å²) in [5, 5.41) is 0. The van der Waals surface area contributed by atoms with Gasteiger partial charge in [0.05, 0.1) is 26.4 Å². The van der Waals surface area contributed by atoms with Crippen molar-refractivity contribution in [2.75, 3.05) is 40.2 Å². The van der Waals surface area contributed by atoms with Gasteiger partial charge in [0.15, 0.2) is 0 Å². The molecule has 6 heteroatoms. The summed E-state index contributed by atoms with van der Waals surface area (Å²) < 4.78 is 24.8. The number of methoxy groups -OCH3 is 1. The smallest absolute Gasteiger partial charge is 0.325 e. The van der Waals surface area contributed by atoms with E-state index in [-0.39, 0.29) is 6.61 Å². The standard InChI is InChI=1S/C6H15O5P/c1-9-3-4-10-5-6-11-12(2,7)8/h3-6H2,1-2H3,(H,7,8). The van der Waals surface area contributed by atoms with E-state index in [2.05, 4.69) is 4.52 Å². The van der Waals surface area contributed by atoms with Crippen molar-refractivity contribution >= 4 is 7.60 Å². The van der Waals surface area contributed by atoms with Gasteiger partial charge < -0.3 is 18.9 Å². The van der Waals surface area contributed by atoms with Crippen molar-refractivity contribution in [3.63, 3.8) is 0 Å². The Labute approximate surface area is 72.2 Å². The first kappa shape index (κ1) is 12.1. The fourth-order valence-electron chi connectivity index (χ4n) is 0.510. The lowest BCUT2D eigenvalue weighted by atomic mass is 10.7. The van der Waals surface area contributed by atoms with Gasteiger partial charge in [0.1, 0.15) is 0 Å². The van der Waals surface area contributed by atoms with E-state index in [1.54, 1.807) is 7.11 Å². The number of rotatable bonds is 7. The Morgan fingerprint density at radius 3 is 2.33 bits per heavy atom. The second-order valence-corrected chi connectivity index (χ2v) is 4.11. The zero-order valence-electron chi connectivity index (χ0n) is 7.36. The molecule has 0 aliphatic carbocycles. The van der Waals surface area contributed by atoms with Crippen LogP contribution < -0.4 is 0 Å². The summed E-state index contributed by atoms with van der Waals surface area (Å²) in [6.07, 6.45) is 0. The van der Waals surface area contributed by atoms with Crippen LogP contribution in [0.4, 0.5) is 0 Å². The normalized spacial score (nSPS) is 15.9. The fraction of sp³-hybridized carbons (Fsp3) is 1.00. The number of hydrogen-bond donors (Lipinski definition) is 1. The Morgan fingerprint density at radius 2 is 1.83 bits per heavy atom. The quantitative estimate of drug-likeness (QED) is 0.476. The van der Waals surface area contributed by atoms with Crippen molar-refractivity contribution in [1.82, 2.24) is 0 Å². The summed E-state index contributed by atoms with van der Waals surface area (Å²) in [6, 6.07) is 0. The Morgan fingerprint density at radius 1 is 1.25 bits per heavy atom. The summed E-state index contributed by atoms with van der Waals surface area (Å²) >= 11 is 0. The topological polar surface area (TPSA) is 65.0 Å². The van der Waals surface area contributed by atoms with Gasteiger partial charge in [-0.15, -0.1) is 0 Å². The molecular weight excluding hydrogens is 183 g/mol. The number of hydrogen-bond acceptors (Lipinski definition) is 4. The lowest BCUT2D eigenvalue weighted by Gasteiger charge is -2.06. The molecule has 1 N–H and O–H groups in total. The summed E-state index contributed by atoms with van der Waals surface area (Å²) in [4.78, 5) is 8.67. The second-order valence-electron chi connectivity index (χ2n) is 2.24. The van der Waals surface area contributed by atoms with Crippen LogP contribution in [0, 0.1) is 0 Å². The van der Waals surface area contributed by atoms with Gasteiger partial charge >= 0.3 is 7.60 Å². The van der Waals surface area contributed by atoms with E-state index in [0.717, 1.165) is 6.66 Å². The molecule has 5 nitrogen and oxygen atoms in total.